The summed E-state index contributed by atoms with van der Waals surface area (Å²) in [5.74, 6) is -1.22. The van der Waals surface area contributed by atoms with Gasteiger partial charge in [-0.1, -0.05) is 6.07 Å². The van der Waals surface area contributed by atoms with Crippen LogP contribution in [0.5, 0.6) is 0 Å². The molecule has 2 heterocycles. The number of carbonyl (C=O) groups excluding carboxylic acids is 1. The first-order valence-corrected chi connectivity index (χ1v) is 8.61. The number of hydrogen-bond acceptors (Lipinski definition) is 5. The van der Waals surface area contributed by atoms with Gasteiger partial charge < -0.3 is 15.7 Å². The van der Waals surface area contributed by atoms with Gasteiger partial charge in [-0.05, 0) is 17.9 Å². The molecule has 20 heavy (non-hydrogen) atoms. The normalized spacial score (nSPS) is 22.1. The van der Waals surface area contributed by atoms with Crippen molar-refractivity contribution in [2.24, 2.45) is 0 Å². The molecule has 3 N–H and O–H groups in total. The molecule has 1 aromatic heterocycles. The second kappa shape index (κ2) is 5.80. The molecule has 1 aliphatic heterocycles. The maximum absolute atomic E-state index is 11.7. The monoisotopic (exact) mass is 318 g/mol. The van der Waals surface area contributed by atoms with E-state index in [-0.39, 0.29) is 11.5 Å². The number of thiophene rings is 1. The van der Waals surface area contributed by atoms with E-state index in [0.717, 1.165) is 0 Å². The number of carboxylic acids is 1. The van der Waals surface area contributed by atoms with Gasteiger partial charge in [-0.2, -0.15) is 0 Å². The fourth-order valence-corrected chi connectivity index (χ4v) is 4.42. The van der Waals surface area contributed by atoms with E-state index < -0.39 is 33.9 Å². The Morgan fingerprint density at radius 2 is 2.20 bits per heavy atom. The molecule has 2 rings (SSSR count). The highest BCUT2D eigenvalue weighted by atomic mass is 32.2. The molecule has 1 saturated heterocycles. The van der Waals surface area contributed by atoms with Crippen LogP contribution in [0.25, 0.3) is 0 Å². The van der Waals surface area contributed by atoms with Gasteiger partial charge in [0.25, 0.3) is 0 Å². The average Bonchev–Trinajstić information content (AvgIpc) is 2.95. The molecule has 1 fully saturated rings. The van der Waals surface area contributed by atoms with Crippen LogP contribution in [-0.4, -0.2) is 43.1 Å². The summed E-state index contributed by atoms with van der Waals surface area (Å²) in [7, 11) is -3.09. The predicted molar refractivity (Wildman–Crippen MR) is 73.4 cm³/mol. The Labute approximate surface area is 119 Å². The fourth-order valence-electron chi connectivity index (χ4n) is 1.98. The molecule has 0 aromatic carbocycles. The Morgan fingerprint density at radius 3 is 2.70 bits per heavy atom. The van der Waals surface area contributed by atoms with Gasteiger partial charge in [0.05, 0.1) is 11.5 Å². The van der Waals surface area contributed by atoms with E-state index in [9.17, 15) is 18.0 Å². The lowest BCUT2D eigenvalue weighted by atomic mass is 10.2. The first-order chi connectivity index (χ1) is 9.37. The van der Waals surface area contributed by atoms with Gasteiger partial charge in [0, 0.05) is 10.9 Å². The molecule has 0 aliphatic carbocycles. The van der Waals surface area contributed by atoms with E-state index in [1.54, 1.807) is 17.5 Å². The summed E-state index contributed by atoms with van der Waals surface area (Å²) in [6.45, 7) is 0. The number of hydrogen-bond donors (Lipinski definition) is 3. The molecule has 1 aliphatic rings. The van der Waals surface area contributed by atoms with Crippen LogP contribution in [0.15, 0.2) is 17.5 Å². The molecule has 1 aromatic rings. The fraction of sp³-hybridized carbons (Fsp3) is 0.455. The number of carbonyl (C=O) groups is 2. The van der Waals surface area contributed by atoms with Crippen LogP contribution in [0.3, 0.4) is 0 Å². The second-order valence-electron chi connectivity index (χ2n) is 4.50. The van der Waals surface area contributed by atoms with Crippen LogP contribution < -0.4 is 10.6 Å². The van der Waals surface area contributed by atoms with Crippen molar-refractivity contribution < 1.29 is 23.1 Å². The topological polar surface area (TPSA) is 113 Å². The van der Waals surface area contributed by atoms with Crippen molar-refractivity contribution in [3.05, 3.63) is 22.4 Å². The quantitative estimate of drug-likeness (QED) is 0.742. The summed E-state index contributed by atoms with van der Waals surface area (Å²) in [5, 5.41) is 15.7. The number of carboxylic acid groups (broad SMARTS) is 1. The van der Waals surface area contributed by atoms with Crippen LogP contribution in [-0.2, 0) is 14.6 Å². The van der Waals surface area contributed by atoms with Gasteiger partial charge in [-0.15, -0.1) is 11.3 Å². The molecule has 2 amide bonds. The highest BCUT2D eigenvalue weighted by molar-refractivity contribution is 7.91. The Balaban J connectivity index is 1.95. The predicted octanol–water partition coefficient (Wildman–Crippen LogP) is 0.360. The zero-order chi connectivity index (χ0) is 14.8. The second-order valence-corrected chi connectivity index (χ2v) is 7.71. The summed E-state index contributed by atoms with van der Waals surface area (Å²) in [5.41, 5.74) is 0. The molecule has 0 spiro atoms. The number of aliphatic carboxylic acids is 1. The Hall–Kier alpha value is -1.61. The Kier molecular flexibility index (Phi) is 4.29. The van der Waals surface area contributed by atoms with E-state index in [1.165, 1.54) is 11.3 Å². The summed E-state index contributed by atoms with van der Waals surface area (Å²) in [6, 6.07) is 1.04. The molecule has 110 valence electrons. The van der Waals surface area contributed by atoms with Crippen molar-refractivity contribution in [3.8, 4) is 0 Å². The summed E-state index contributed by atoms with van der Waals surface area (Å²) >= 11 is 1.22. The lowest BCUT2D eigenvalue weighted by molar-refractivity contribution is -0.139. The first kappa shape index (κ1) is 14.8. The van der Waals surface area contributed by atoms with E-state index in [1.807, 2.05) is 0 Å². The molecule has 2 unspecified atom stereocenters. The molecule has 7 nitrogen and oxygen atoms in total. The largest absolute Gasteiger partial charge is 0.479 e. The van der Waals surface area contributed by atoms with Crippen LogP contribution in [0.4, 0.5) is 4.79 Å². The van der Waals surface area contributed by atoms with Gasteiger partial charge in [0.1, 0.15) is 0 Å². The van der Waals surface area contributed by atoms with Crippen LogP contribution in [0.2, 0.25) is 0 Å². The first-order valence-electron chi connectivity index (χ1n) is 5.91. The van der Waals surface area contributed by atoms with Crippen LogP contribution in [0.1, 0.15) is 17.3 Å². The highest BCUT2D eigenvalue weighted by Crippen LogP contribution is 2.19. The molecule has 0 saturated carbocycles. The van der Waals surface area contributed by atoms with Gasteiger partial charge in [0.2, 0.25) is 0 Å². The minimum absolute atomic E-state index is 0.0469. The van der Waals surface area contributed by atoms with Gasteiger partial charge >= 0.3 is 12.0 Å². The third-order valence-corrected chi connectivity index (χ3v) is 5.62. The van der Waals surface area contributed by atoms with Crippen molar-refractivity contribution in [1.29, 1.82) is 0 Å². The number of urea groups is 1. The zero-order valence-electron chi connectivity index (χ0n) is 10.4. The van der Waals surface area contributed by atoms with Crippen molar-refractivity contribution in [2.45, 2.75) is 18.5 Å². The van der Waals surface area contributed by atoms with Crippen molar-refractivity contribution >= 4 is 33.2 Å². The molecular formula is C11H14N2O5S2. The van der Waals surface area contributed by atoms with E-state index >= 15 is 0 Å². The molecule has 0 bridgehead atoms. The number of amides is 2. The highest BCUT2D eigenvalue weighted by Gasteiger charge is 2.30. The minimum Gasteiger partial charge on any atom is -0.479 e. The minimum atomic E-state index is -3.09. The maximum Gasteiger partial charge on any atom is 0.331 e. The number of rotatable bonds is 4. The lowest BCUT2D eigenvalue weighted by Gasteiger charge is -2.16. The molecule has 9 heteroatoms. The van der Waals surface area contributed by atoms with E-state index in [0.29, 0.717) is 11.3 Å². The van der Waals surface area contributed by atoms with Gasteiger partial charge in [0.15, 0.2) is 15.9 Å². The maximum atomic E-state index is 11.7. The smallest absolute Gasteiger partial charge is 0.331 e. The molecule has 2 atom stereocenters. The average molecular weight is 318 g/mol. The van der Waals surface area contributed by atoms with Crippen LogP contribution in [0, 0.1) is 0 Å². The zero-order valence-corrected chi connectivity index (χ0v) is 12.0. The SMILES string of the molecule is O=C(NC1CCS(=O)(=O)C1)NC(C(=O)O)c1cccs1. The summed E-state index contributed by atoms with van der Waals surface area (Å²) in [4.78, 5) is 23.4. The van der Waals surface area contributed by atoms with Crippen LogP contribution >= 0.6 is 11.3 Å². The summed E-state index contributed by atoms with van der Waals surface area (Å²) < 4.78 is 22.6. The third kappa shape index (κ3) is 3.70. The van der Waals surface area contributed by atoms with Gasteiger partial charge in [-0.3, -0.25) is 0 Å². The lowest BCUT2D eigenvalue weighted by Crippen LogP contribution is -2.45. The Morgan fingerprint density at radius 1 is 1.45 bits per heavy atom. The summed E-state index contributed by atoms with van der Waals surface area (Å²) in [6.07, 6.45) is 0.354. The van der Waals surface area contributed by atoms with Crippen molar-refractivity contribution in [2.75, 3.05) is 11.5 Å². The molecule has 0 radical (unpaired) electrons. The number of sulfone groups is 1. The third-order valence-electron chi connectivity index (χ3n) is 2.92. The van der Waals surface area contributed by atoms with Crippen molar-refractivity contribution in [1.82, 2.24) is 10.6 Å². The van der Waals surface area contributed by atoms with Crippen molar-refractivity contribution in [3.63, 3.8) is 0 Å². The standard InChI is InChI=1S/C11H14N2O5S2/c14-10(15)9(8-2-1-4-19-8)13-11(16)12-7-3-5-20(17,18)6-7/h1-2,4,7,9H,3,5-6H2,(H,14,15)(H2,12,13,16). The molecular weight excluding hydrogens is 304 g/mol. The Bertz CT molecular complexity index is 596. The van der Waals surface area contributed by atoms with Gasteiger partial charge in [-0.25, -0.2) is 18.0 Å². The van der Waals surface area contributed by atoms with E-state index in [4.69, 9.17) is 5.11 Å². The van der Waals surface area contributed by atoms with E-state index in [2.05, 4.69) is 10.6 Å². The number of nitrogens with one attached hydrogen (secondary N) is 2.